The number of rotatable bonds is 7. The first kappa shape index (κ1) is 23.1. The van der Waals surface area contributed by atoms with Crippen molar-refractivity contribution in [3.8, 4) is 0 Å². The van der Waals surface area contributed by atoms with Gasteiger partial charge in [0.2, 0.25) is 5.91 Å². The van der Waals surface area contributed by atoms with Gasteiger partial charge in [-0.3, -0.25) is 9.52 Å². The molecular weight excluding hydrogens is 455 g/mol. The van der Waals surface area contributed by atoms with Crippen molar-refractivity contribution in [3.63, 3.8) is 0 Å². The molecule has 31 heavy (non-hydrogen) atoms. The van der Waals surface area contributed by atoms with Crippen LogP contribution in [0, 0.1) is 0 Å². The Morgan fingerprint density at radius 1 is 0.903 bits per heavy atom. The molecule has 0 fully saturated rings. The van der Waals surface area contributed by atoms with E-state index >= 15 is 0 Å². The standard InChI is InChI=1S/C23H22Cl2N2O3S/c1-15(2)17-4-3-5-19(13-17)26-23(28)12-16-6-8-18(9-7-16)27-31(29,30)20-10-11-21(24)22(25)14-20/h3-11,13-15,27H,12H2,1-2H3,(H,26,28). The van der Waals surface area contributed by atoms with E-state index in [1.807, 2.05) is 24.3 Å². The van der Waals surface area contributed by atoms with Crippen LogP contribution in [0.4, 0.5) is 11.4 Å². The topological polar surface area (TPSA) is 75.3 Å². The fourth-order valence-electron chi connectivity index (χ4n) is 2.91. The van der Waals surface area contributed by atoms with Crippen LogP contribution in [0.5, 0.6) is 0 Å². The second kappa shape index (κ2) is 9.73. The highest BCUT2D eigenvalue weighted by molar-refractivity contribution is 7.92. The van der Waals surface area contributed by atoms with Gasteiger partial charge in [-0.05, 0) is 59.5 Å². The molecule has 0 unspecified atom stereocenters. The van der Waals surface area contributed by atoms with Gasteiger partial charge in [0.25, 0.3) is 10.0 Å². The van der Waals surface area contributed by atoms with Crippen LogP contribution in [0.15, 0.2) is 71.6 Å². The van der Waals surface area contributed by atoms with Gasteiger partial charge in [0.05, 0.1) is 21.4 Å². The third-order valence-corrected chi connectivity index (χ3v) is 6.73. The third-order valence-electron chi connectivity index (χ3n) is 4.61. The first-order valence-electron chi connectivity index (χ1n) is 9.60. The van der Waals surface area contributed by atoms with Crippen LogP contribution in [-0.2, 0) is 21.2 Å². The summed E-state index contributed by atoms with van der Waals surface area (Å²) < 4.78 is 27.5. The van der Waals surface area contributed by atoms with E-state index in [-0.39, 0.29) is 27.3 Å². The maximum Gasteiger partial charge on any atom is 0.261 e. The zero-order chi connectivity index (χ0) is 22.6. The Morgan fingerprint density at radius 3 is 2.26 bits per heavy atom. The predicted molar refractivity (Wildman–Crippen MR) is 127 cm³/mol. The summed E-state index contributed by atoms with van der Waals surface area (Å²) in [5.74, 6) is 0.224. The Bertz CT molecular complexity index is 1190. The molecule has 5 nitrogen and oxygen atoms in total. The van der Waals surface area contributed by atoms with Gasteiger partial charge in [0, 0.05) is 11.4 Å². The summed E-state index contributed by atoms with van der Waals surface area (Å²) in [7, 11) is -3.81. The smallest absolute Gasteiger partial charge is 0.261 e. The van der Waals surface area contributed by atoms with Crippen molar-refractivity contribution < 1.29 is 13.2 Å². The normalized spacial score (nSPS) is 11.4. The molecule has 3 rings (SSSR count). The molecule has 0 bridgehead atoms. The molecule has 0 saturated carbocycles. The zero-order valence-electron chi connectivity index (χ0n) is 17.0. The van der Waals surface area contributed by atoms with E-state index in [4.69, 9.17) is 23.2 Å². The SMILES string of the molecule is CC(C)c1cccc(NC(=O)Cc2ccc(NS(=O)(=O)c3ccc(Cl)c(Cl)c3)cc2)c1. The zero-order valence-corrected chi connectivity index (χ0v) is 19.4. The fraction of sp³-hybridized carbons (Fsp3) is 0.174. The number of anilines is 2. The minimum atomic E-state index is -3.81. The van der Waals surface area contributed by atoms with Crippen LogP contribution in [0.2, 0.25) is 10.0 Å². The molecule has 0 spiro atoms. The summed E-state index contributed by atoms with van der Waals surface area (Å²) in [6, 6.07) is 18.5. The molecule has 2 N–H and O–H groups in total. The average Bonchev–Trinajstić information content (AvgIpc) is 2.71. The number of nitrogens with one attached hydrogen (secondary N) is 2. The Labute approximate surface area is 192 Å². The molecule has 0 radical (unpaired) electrons. The lowest BCUT2D eigenvalue weighted by atomic mass is 10.0. The van der Waals surface area contributed by atoms with Crippen molar-refractivity contribution in [2.75, 3.05) is 10.0 Å². The second-order valence-electron chi connectivity index (χ2n) is 7.38. The third kappa shape index (κ3) is 6.23. The van der Waals surface area contributed by atoms with Crippen molar-refractivity contribution in [3.05, 3.63) is 87.9 Å². The summed E-state index contributed by atoms with van der Waals surface area (Å²) in [6.07, 6.45) is 0.172. The monoisotopic (exact) mass is 476 g/mol. The molecule has 0 saturated heterocycles. The molecule has 0 aliphatic heterocycles. The van der Waals surface area contributed by atoms with Crippen LogP contribution in [0.25, 0.3) is 0 Å². The molecule has 0 heterocycles. The van der Waals surface area contributed by atoms with E-state index in [2.05, 4.69) is 23.9 Å². The van der Waals surface area contributed by atoms with E-state index in [9.17, 15) is 13.2 Å². The highest BCUT2D eigenvalue weighted by atomic mass is 35.5. The number of amides is 1. The summed E-state index contributed by atoms with van der Waals surface area (Å²) in [6.45, 7) is 4.19. The van der Waals surface area contributed by atoms with Gasteiger partial charge in [0.15, 0.2) is 0 Å². The maximum atomic E-state index is 12.5. The number of sulfonamides is 1. The number of hydrogen-bond donors (Lipinski definition) is 2. The molecule has 0 atom stereocenters. The minimum Gasteiger partial charge on any atom is -0.326 e. The quantitative estimate of drug-likeness (QED) is 0.432. The van der Waals surface area contributed by atoms with Crippen molar-refractivity contribution in [2.45, 2.75) is 31.1 Å². The van der Waals surface area contributed by atoms with Crippen LogP contribution < -0.4 is 10.0 Å². The van der Waals surface area contributed by atoms with Gasteiger partial charge in [-0.25, -0.2) is 8.42 Å². The summed E-state index contributed by atoms with van der Waals surface area (Å²) in [5.41, 5.74) is 3.04. The Morgan fingerprint density at radius 2 is 1.61 bits per heavy atom. The van der Waals surface area contributed by atoms with Gasteiger partial charge in [-0.2, -0.15) is 0 Å². The number of carbonyl (C=O) groups is 1. The molecule has 162 valence electrons. The molecular formula is C23H22Cl2N2O3S. The highest BCUT2D eigenvalue weighted by Crippen LogP contribution is 2.26. The first-order chi connectivity index (χ1) is 14.6. The van der Waals surface area contributed by atoms with E-state index in [0.29, 0.717) is 11.6 Å². The van der Waals surface area contributed by atoms with Gasteiger partial charge in [0.1, 0.15) is 0 Å². The van der Waals surface area contributed by atoms with Crippen LogP contribution >= 0.6 is 23.2 Å². The molecule has 0 aromatic heterocycles. The van der Waals surface area contributed by atoms with Crippen LogP contribution in [0.3, 0.4) is 0 Å². The van der Waals surface area contributed by atoms with Crippen molar-refractivity contribution >= 4 is 50.5 Å². The number of hydrogen-bond acceptors (Lipinski definition) is 3. The van der Waals surface area contributed by atoms with Gasteiger partial charge < -0.3 is 5.32 Å². The fourth-order valence-corrected chi connectivity index (χ4v) is 4.36. The molecule has 0 aliphatic rings. The molecule has 1 amide bonds. The molecule has 8 heteroatoms. The molecule has 0 aliphatic carbocycles. The maximum absolute atomic E-state index is 12.5. The van der Waals surface area contributed by atoms with Gasteiger partial charge >= 0.3 is 0 Å². The lowest BCUT2D eigenvalue weighted by Crippen LogP contribution is -2.15. The number of carbonyl (C=O) groups excluding carboxylic acids is 1. The second-order valence-corrected chi connectivity index (χ2v) is 9.88. The van der Waals surface area contributed by atoms with Crippen LogP contribution in [-0.4, -0.2) is 14.3 Å². The Kier molecular flexibility index (Phi) is 7.26. The lowest BCUT2D eigenvalue weighted by Gasteiger charge is -2.11. The number of benzene rings is 3. The first-order valence-corrected chi connectivity index (χ1v) is 11.8. The summed E-state index contributed by atoms with van der Waals surface area (Å²) in [4.78, 5) is 12.4. The number of halogens is 2. The summed E-state index contributed by atoms with van der Waals surface area (Å²) >= 11 is 11.8. The van der Waals surface area contributed by atoms with Crippen molar-refractivity contribution in [1.29, 1.82) is 0 Å². The van der Waals surface area contributed by atoms with Gasteiger partial charge in [-0.15, -0.1) is 0 Å². The van der Waals surface area contributed by atoms with Crippen LogP contribution in [0.1, 0.15) is 30.9 Å². The average molecular weight is 477 g/mol. The van der Waals surface area contributed by atoms with Crippen molar-refractivity contribution in [1.82, 2.24) is 0 Å². The highest BCUT2D eigenvalue weighted by Gasteiger charge is 2.16. The van der Waals surface area contributed by atoms with E-state index in [1.165, 1.54) is 18.2 Å². The van der Waals surface area contributed by atoms with E-state index in [1.54, 1.807) is 24.3 Å². The Balaban J connectivity index is 1.64. The van der Waals surface area contributed by atoms with E-state index in [0.717, 1.165) is 16.8 Å². The molecule has 3 aromatic rings. The predicted octanol–water partition coefficient (Wildman–Crippen LogP) is 6.10. The minimum absolute atomic E-state index is 0.00832. The summed E-state index contributed by atoms with van der Waals surface area (Å²) in [5, 5.41) is 3.33. The van der Waals surface area contributed by atoms with Crippen molar-refractivity contribution in [2.24, 2.45) is 0 Å². The lowest BCUT2D eigenvalue weighted by molar-refractivity contribution is -0.115. The Hall–Kier alpha value is -2.54. The molecule has 3 aromatic carbocycles. The largest absolute Gasteiger partial charge is 0.326 e. The van der Waals surface area contributed by atoms with Gasteiger partial charge in [-0.1, -0.05) is 61.3 Å². The van der Waals surface area contributed by atoms with E-state index < -0.39 is 10.0 Å².